The molecule has 1 N–H and O–H groups in total. The van der Waals surface area contributed by atoms with Crippen LogP contribution in [0.3, 0.4) is 0 Å². The first-order valence-electron chi connectivity index (χ1n) is 5.94. The summed E-state index contributed by atoms with van der Waals surface area (Å²) in [5, 5.41) is 11.9. The van der Waals surface area contributed by atoms with Crippen molar-refractivity contribution < 1.29 is 4.42 Å². The predicted octanol–water partition coefficient (Wildman–Crippen LogP) is 2.85. The van der Waals surface area contributed by atoms with Crippen molar-refractivity contribution in [2.45, 2.75) is 19.8 Å². The third-order valence-corrected chi connectivity index (χ3v) is 2.95. The van der Waals surface area contributed by atoms with Crippen molar-refractivity contribution in [2.75, 3.05) is 13.6 Å². The van der Waals surface area contributed by atoms with Crippen LogP contribution in [-0.4, -0.2) is 23.8 Å². The zero-order valence-electron chi connectivity index (χ0n) is 10.5. The van der Waals surface area contributed by atoms with Crippen LogP contribution < -0.4 is 5.32 Å². The second-order valence-electron chi connectivity index (χ2n) is 4.17. The minimum absolute atomic E-state index is 0.537. The SMILES string of the molecule is CNCCCc1nnc(-c2cc(Cl)ccc2C)o1. The summed E-state index contributed by atoms with van der Waals surface area (Å²) in [7, 11) is 1.93. The van der Waals surface area contributed by atoms with Crippen LogP contribution in [0.4, 0.5) is 0 Å². The molecular weight excluding hydrogens is 250 g/mol. The second-order valence-corrected chi connectivity index (χ2v) is 4.60. The molecule has 96 valence electrons. The van der Waals surface area contributed by atoms with E-state index in [1.54, 1.807) is 0 Å². The van der Waals surface area contributed by atoms with Crippen molar-refractivity contribution in [3.05, 3.63) is 34.7 Å². The van der Waals surface area contributed by atoms with E-state index >= 15 is 0 Å². The molecule has 0 aliphatic carbocycles. The maximum atomic E-state index is 5.98. The van der Waals surface area contributed by atoms with Crippen molar-refractivity contribution in [1.82, 2.24) is 15.5 Å². The standard InChI is InChI=1S/C13H16ClN3O/c1-9-5-6-10(14)8-11(9)13-17-16-12(18-13)4-3-7-15-2/h5-6,8,15H,3-4,7H2,1-2H3. The van der Waals surface area contributed by atoms with E-state index in [0.29, 0.717) is 16.8 Å². The maximum Gasteiger partial charge on any atom is 0.248 e. The summed E-state index contributed by atoms with van der Waals surface area (Å²) in [6.45, 7) is 2.93. The molecule has 2 aromatic rings. The zero-order valence-corrected chi connectivity index (χ0v) is 11.3. The van der Waals surface area contributed by atoms with Gasteiger partial charge in [-0.3, -0.25) is 0 Å². The van der Waals surface area contributed by atoms with Gasteiger partial charge in [0.1, 0.15) is 0 Å². The van der Waals surface area contributed by atoms with Gasteiger partial charge in [0, 0.05) is 17.0 Å². The molecule has 4 nitrogen and oxygen atoms in total. The first-order valence-corrected chi connectivity index (χ1v) is 6.32. The number of hydrogen-bond acceptors (Lipinski definition) is 4. The fraction of sp³-hybridized carbons (Fsp3) is 0.385. The summed E-state index contributed by atoms with van der Waals surface area (Å²) >= 11 is 5.98. The van der Waals surface area contributed by atoms with E-state index in [4.69, 9.17) is 16.0 Å². The number of aryl methyl sites for hydroxylation is 2. The van der Waals surface area contributed by atoms with E-state index in [9.17, 15) is 0 Å². The van der Waals surface area contributed by atoms with E-state index < -0.39 is 0 Å². The molecule has 0 radical (unpaired) electrons. The van der Waals surface area contributed by atoms with Crippen molar-refractivity contribution >= 4 is 11.6 Å². The van der Waals surface area contributed by atoms with E-state index in [0.717, 1.165) is 30.5 Å². The van der Waals surface area contributed by atoms with Gasteiger partial charge in [-0.2, -0.15) is 0 Å². The van der Waals surface area contributed by atoms with Crippen LogP contribution in [0.5, 0.6) is 0 Å². The largest absolute Gasteiger partial charge is 0.421 e. The average molecular weight is 266 g/mol. The molecule has 5 heteroatoms. The van der Waals surface area contributed by atoms with Crippen LogP contribution in [0.1, 0.15) is 17.9 Å². The predicted molar refractivity (Wildman–Crippen MR) is 71.7 cm³/mol. The smallest absolute Gasteiger partial charge is 0.248 e. The van der Waals surface area contributed by atoms with Crippen molar-refractivity contribution in [3.8, 4) is 11.5 Å². The van der Waals surface area contributed by atoms with Crippen LogP contribution >= 0.6 is 11.6 Å². The van der Waals surface area contributed by atoms with E-state index in [2.05, 4.69) is 15.5 Å². The second kappa shape index (κ2) is 5.98. The average Bonchev–Trinajstić information content (AvgIpc) is 2.81. The molecule has 0 aliphatic heterocycles. The Bertz CT molecular complexity index is 525. The van der Waals surface area contributed by atoms with Gasteiger partial charge in [-0.05, 0) is 44.6 Å². The Balaban J connectivity index is 2.16. The summed E-state index contributed by atoms with van der Waals surface area (Å²) in [5.41, 5.74) is 1.97. The maximum absolute atomic E-state index is 5.98. The van der Waals surface area contributed by atoms with Gasteiger partial charge in [0.05, 0.1) is 0 Å². The molecule has 1 aromatic heterocycles. The van der Waals surface area contributed by atoms with Crippen molar-refractivity contribution in [3.63, 3.8) is 0 Å². The highest BCUT2D eigenvalue weighted by atomic mass is 35.5. The molecule has 0 spiro atoms. The lowest BCUT2D eigenvalue weighted by molar-refractivity contribution is 0.494. The highest BCUT2D eigenvalue weighted by Gasteiger charge is 2.11. The third kappa shape index (κ3) is 3.09. The Labute approximate surface area is 111 Å². The minimum atomic E-state index is 0.537. The van der Waals surface area contributed by atoms with Crippen LogP contribution in [0.2, 0.25) is 5.02 Å². The highest BCUT2D eigenvalue weighted by Crippen LogP contribution is 2.25. The number of nitrogens with zero attached hydrogens (tertiary/aromatic N) is 2. The molecule has 0 aliphatic rings. The summed E-state index contributed by atoms with van der Waals surface area (Å²) in [6, 6.07) is 5.65. The molecule has 18 heavy (non-hydrogen) atoms. The Morgan fingerprint density at radius 3 is 2.94 bits per heavy atom. The van der Waals surface area contributed by atoms with Gasteiger partial charge in [0.15, 0.2) is 0 Å². The number of benzene rings is 1. The van der Waals surface area contributed by atoms with E-state index in [1.165, 1.54) is 0 Å². The van der Waals surface area contributed by atoms with Crippen molar-refractivity contribution in [2.24, 2.45) is 0 Å². The number of rotatable bonds is 5. The number of halogens is 1. The minimum Gasteiger partial charge on any atom is -0.421 e. The Morgan fingerprint density at radius 1 is 1.33 bits per heavy atom. The molecule has 0 saturated heterocycles. The van der Waals surface area contributed by atoms with Gasteiger partial charge in [0.2, 0.25) is 11.8 Å². The molecule has 0 saturated carbocycles. The molecular formula is C13H16ClN3O. The number of hydrogen-bond donors (Lipinski definition) is 1. The molecule has 1 aromatic carbocycles. The fourth-order valence-corrected chi connectivity index (χ4v) is 1.88. The van der Waals surface area contributed by atoms with Crippen LogP contribution in [-0.2, 0) is 6.42 Å². The van der Waals surface area contributed by atoms with Gasteiger partial charge < -0.3 is 9.73 Å². The Hall–Kier alpha value is -1.39. The topological polar surface area (TPSA) is 51.0 Å². The monoisotopic (exact) mass is 265 g/mol. The first kappa shape index (κ1) is 13.1. The van der Waals surface area contributed by atoms with Gasteiger partial charge in [0.25, 0.3) is 0 Å². The van der Waals surface area contributed by atoms with Crippen LogP contribution in [0, 0.1) is 6.92 Å². The first-order chi connectivity index (χ1) is 8.70. The van der Waals surface area contributed by atoms with Gasteiger partial charge in [-0.1, -0.05) is 17.7 Å². The summed E-state index contributed by atoms with van der Waals surface area (Å²) < 4.78 is 5.64. The van der Waals surface area contributed by atoms with Gasteiger partial charge in [-0.25, -0.2) is 0 Å². The quantitative estimate of drug-likeness (QED) is 0.845. The van der Waals surface area contributed by atoms with E-state index in [-0.39, 0.29) is 0 Å². The lowest BCUT2D eigenvalue weighted by Crippen LogP contribution is -2.08. The lowest BCUT2D eigenvalue weighted by Gasteiger charge is -2.00. The van der Waals surface area contributed by atoms with Crippen molar-refractivity contribution in [1.29, 1.82) is 0 Å². The summed E-state index contributed by atoms with van der Waals surface area (Å²) in [4.78, 5) is 0. The Morgan fingerprint density at radius 2 is 2.17 bits per heavy atom. The summed E-state index contributed by atoms with van der Waals surface area (Å²) in [6.07, 6.45) is 1.76. The van der Waals surface area contributed by atoms with Gasteiger partial charge in [-0.15, -0.1) is 10.2 Å². The molecule has 0 bridgehead atoms. The molecule has 0 unspecified atom stereocenters. The zero-order chi connectivity index (χ0) is 13.0. The van der Waals surface area contributed by atoms with E-state index in [1.807, 2.05) is 32.2 Å². The van der Waals surface area contributed by atoms with Crippen LogP contribution in [0.15, 0.2) is 22.6 Å². The number of nitrogens with one attached hydrogen (secondary N) is 1. The number of aromatic nitrogens is 2. The van der Waals surface area contributed by atoms with Crippen LogP contribution in [0.25, 0.3) is 11.5 Å². The fourth-order valence-electron chi connectivity index (χ4n) is 1.70. The third-order valence-electron chi connectivity index (χ3n) is 2.71. The molecule has 0 amide bonds. The molecule has 2 rings (SSSR count). The normalized spacial score (nSPS) is 10.8. The highest BCUT2D eigenvalue weighted by molar-refractivity contribution is 6.30. The lowest BCUT2D eigenvalue weighted by atomic mass is 10.1. The Kier molecular flexibility index (Phi) is 4.33. The van der Waals surface area contributed by atoms with Gasteiger partial charge >= 0.3 is 0 Å². The molecule has 0 atom stereocenters. The molecule has 0 fully saturated rings. The molecule has 1 heterocycles. The summed E-state index contributed by atoms with van der Waals surface area (Å²) in [5.74, 6) is 1.20.